The van der Waals surface area contributed by atoms with Crippen molar-refractivity contribution in [3.63, 3.8) is 0 Å². The van der Waals surface area contributed by atoms with Crippen LogP contribution >= 0.6 is 0 Å². The van der Waals surface area contributed by atoms with Gasteiger partial charge in [-0.3, -0.25) is 9.59 Å². The molecule has 1 unspecified atom stereocenters. The largest absolute Gasteiger partial charge is 0.340 e. The molecule has 1 spiro atoms. The lowest BCUT2D eigenvalue weighted by Gasteiger charge is -2.45. The van der Waals surface area contributed by atoms with Crippen molar-refractivity contribution >= 4 is 11.8 Å². The van der Waals surface area contributed by atoms with Crippen LogP contribution in [0.25, 0.3) is 0 Å². The molecule has 0 radical (unpaired) electrons. The number of piperazine rings is 1. The summed E-state index contributed by atoms with van der Waals surface area (Å²) in [6, 6.07) is -0.281. The van der Waals surface area contributed by atoms with Crippen molar-refractivity contribution in [2.45, 2.75) is 77.8 Å². The van der Waals surface area contributed by atoms with Crippen molar-refractivity contribution in [2.24, 2.45) is 5.41 Å². The van der Waals surface area contributed by atoms with E-state index in [2.05, 4.69) is 26.1 Å². The fourth-order valence-electron chi connectivity index (χ4n) is 3.37. The fourth-order valence-corrected chi connectivity index (χ4v) is 3.37. The van der Waals surface area contributed by atoms with Crippen molar-refractivity contribution in [3.05, 3.63) is 0 Å². The molecule has 1 saturated heterocycles. The molecule has 114 valence electrons. The van der Waals surface area contributed by atoms with Gasteiger partial charge in [0.05, 0.1) is 0 Å². The molecule has 1 saturated carbocycles. The summed E-state index contributed by atoms with van der Waals surface area (Å²) in [4.78, 5) is 27.1. The SMILES string of the molecule is CCC1C(=O)NC2(CCCC2)C(=O)N1CCC(C)(C)C. The smallest absolute Gasteiger partial charge is 0.249 e. The highest BCUT2D eigenvalue weighted by Gasteiger charge is 2.51. The molecule has 1 atom stereocenters. The average Bonchev–Trinajstić information content (AvgIpc) is 2.80. The third-order valence-electron chi connectivity index (χ3n) is 4.66. The summed E-state index contributed by atoms with van der Waals surface area (Å²) in [5, 5.41) is 3.04. The minimum absolute atomic E-state index is 0.0444. The molecule has 0 aromatic heterocycles. The first-order valence-electron chi connectivity index (χ1n) is 7.92. The number of carbonyl (C=O) groups is 2. The molecule has 1 aliphatic heterocycles. The molecule has 0 aromatic rings. The van der Waals surface area contributed by atoms with E-state index in [-0.39, 0.29) is 23.3 Å². The highest BCUT2D eigenvalue weighted by atomic mass is 16.2. The highest BCUT2D eigenvalue weighted by molar-refractivity contribution is 6.00. The third kappa shape index (κ3) is 2.84. The second-order valence-corrected chi connectivity index (χ2v) is 7.51. The Labute approximate surface area is 122 Å². The minimum atomic E-state index is -0.583. The van der Waals surface area contributed by atoms with Crippen LogP contribution in [0, 0.1) is 5.41 Å². The van der Waals surface area contributed by atoms with Gasteiger partial charge >= 0.3 is 0 Å². The first-order valence-corrected chi connectivity index (χ1v) is 7.92. The molecule has 2 rings (SSSR count). The van der Waals surface area contributed by atoms with Crippen molar-refractivity contribution in [1.29, 1.82) is 0 Å². The summed E-state index contributed by atoms with van der Waals surface area (Å²) < 4.78 is 0. The van der Waals surface area contributed by atoms with Gasteiger partial charge in [-0.15, -0.1) is 0 Å². The van der Waals surface area contributed by atoms with Crippen LogP contribution in [-0.2, 0) is 9.59 Å². The maximum absolute atomic E-state index is 12.9. The summed E-state index contributed by atoms with van der Waals surface area (Å²) in [7, 11) is 0. The molecule has 4 heteroatoms. The van der Waals surface area contributed by atoms with Gasteiger partial charge in [-0.25, -0.2) is 0 Å². The number of amides is 2. The van der Waals surface area contributed by atoms with Crippen LogP contribution < -0.4 is 5.32 Å². The molecular formula is C16H28N2O2. The fraction of sp³-hybridized carbons (Fsp3) is 0.875. The number of hydrogen-bond donors (Lipinski definition) is 1. The van der Waals surface area contributed by atoms with Gasteiger partial charge in [-0.05, 0) is 31.1 Å². The molecule has 4 nitrogen and oxygen atoms in total. The summed E-state index contributed by atoms with van der Waals surface area (Å²) in [5.74, 6) is 0.202. The molecule has 1 N–H and O–H groups in total. The number of nitrogens with one attached hydrogen (secondary N) is 1. The van der Waals surface area contributed by atoms with Crippen molar-refractivity contribution in [3.8, 4) is 0 Å². The molecule has 2 aliphatic rings. The van der Waals surface area contributed by atoms with Crippen molar-refractivity contribution in [1.82, 2.24) is 10.2 Å². The van der Waals surface area contributed by atoms with Crippen LogP contribution in [0.15, 0.2) is 0 Å². The standard InChI is InChI=1S/C16H28N2O2/c1-5-12-13(19)17-16(8-6-7-9-16)14(20)18(12)11-10-15(2,3)4/h12H,5-11H2,1-4H3,(H,17,19). The van der Waals surface area contributed by atoms with Gasteiger partial charge < -0.3 is 10.2 Å². The number of nitrogens with zero attached hydrogens (tertiary/aromatic N) is 1. The van der Waals surface area contributed by atoms with Crippen LogP contribution in [0.2, 0.25) is 0 Å². The van der Waals surface area contributed by atoms with E-state index in [1.807, 2.05) is 11.8 Å². The van der Waals surface area contributed by atoms with Crippen LogP contribution in [0.5, 0.6) is 0 Å². The van der Waals surface area contributed by atoms with Gasteiger partial charge in [-0.2, -0.15) is 0 Å². The Kier molecular flexibility index (Phi) is 4.12. The van der Waals surface area contributed by atoms with Crippen LogP contribution in [-0.4, -0.2) is 34.8 Å². The van der Waals surface area contributed by atoms with Crippen LogP contribution in [0.4, 0.5) is 0 Å². The van der Waals surface area contributed by atoms with Crippen molar-refractivity contribution < 1.29 is 9.59 Å². The second-order valence-electron chi connectivity index (χ2n) is 7.51. The lowest BCUT2D eigenvalue weighted by molar-refractivity contribution is -0.155. The van der Waals surface area contributed by atoms with E-state index in [1.54, 1.807) is 0 Å². The quantitative estimate of drug-likeness (QED) is 0.863. The van der Waals surface area contributed by atoms with E-state index >= 15 is 0 Å². The van der Waals surface area contributed by atoms with Gasteiger partial charge in [0.1, 0.15) is 11.6 Å². The Morgan fingerprint density at radius 1 is 1.25 bits per heavy atom. The predicted octanol–water partition coefficient (Wildman–Crippen LogP) is 2.47. The van der Waals surface area contributed by atoms with Gasteiger partial charge in [-0.1, -0.05) is 40.5 Å². The van der Waals surface area contributed by atoms with Gasteiger partial charge in [0.2, 0.25) is 11.8 Å². The predicted molar refractivity (Wildman–Crippen MR) is 79.2 cm³/mol. The first kappa shape index (κ1) is 15.3. The second kappa shape index (κ2) is 5.38. The molecule has 2 amide bonds. The van der Waals surface area contributed by atoms with E-state index in [9.17, 15) is 9.59 Å². The first-order chi connectivity index (χ1) is 9.29. The van der Waals surface area contributed by atoms with E-state index in [1.165, 1.54) is 0 Å². The number of hydrogen-bond acceptors (Lipinski definition) is 2. The average molecular weight is 280 g/mol. The number of carbonyl (C=O) groups excluding carboxylic acids is 2. The number of rotatable bonds is 3. The zero-order valence-corrected chi connectivity index (χ0v) is 13.3. The van der Waals surface area contributed by atoms with Gasteiger partial charge in [0, 0.05) is 6.54 Å². The Balaban J connectivity index is 2.19. The summed E-state index contributed by atoms with van der Waals surface area (Å²) >= 11 is 0. The van der Waals surface area contributed by atoms with Crippen molar-refractivity contribution in [2.75, 3.05) is 6.54 Å². The maximum atomic E-state index is 12.9. The third-order valence-corrected chi connectivity index (χ3v) is 4.66. The summed E-state index contributed by atoms with van der Waals surface area (Å²) in [6.07, 6.45) is 5.31. The lowest BCUT2D eigenvalue weighted by Crippen LogP contribution is -2.69. The molecule has 0 bridgehead atoms. The van der Waals surface area contributed by atoms with E-state index < -0.39 is 5.54 Å². The zero-order chi connectivity index (χ0) is 15.0. The van der Waals surface area contributed by atoms with E-state index in [0.717, 1.165) is 32.1 Å². The van der Waals surface area contributed by atoms with Crippen LogP contribution in [0.3, 0.4) is 0 Å². The highest BCUT2D eigenvalue weighted by Crippen LogP contribution is 2.35. The van der Waals surface area contributed by atoms with E-state index in [4.69, 9.17) is 0 Å². The Bertz CT molecular complexity index is 392. The molecule has 0 aromatic carbocycles. The summed E-state index contributed by atoms with van der Waals surface area (Å²) in [6.45, 7) is 9.19. The monoisotopic (exact) mass is 280 g/mol. The molecule has 2 fully saturated rings. The van der Waals surface area contributed by atoms with Gasteiger partial charge in [0.15, 0.2) is 0 Å². The Morgan fingerprint density at radius 3 is 2.35 bits per heavy atom. The van der Waals surface area contributed by atoms with Gasteiger partial charge in [0.25, 0.3) is 0 Å². The van der Waals surface area contributed by atoms with Crippen LogP contribution in [0.1, 0.15) is 66.2 Å². The lowest BCUT2D eigenvalue weighted by atomic mass is 9.87. The maximum Gasteiger partial charge on any atom is 0.249 e. The minimum Gasteiger partial charge on any atom is -0.340 e. The Hall–Kier alpha value is -1.06. The molecule has 20 heavy (non-hydrogen) atoms. The molecule has 1 heterocycles. The zero-order valence-electron chi connectivity index (χ0n) is 13.3. The van der Waals surface area contributed by atoms with E-state index in [0.29, 0.717) is 13.0 Å². The normalized spacial score (nSPS) is 26.2. The molecule has 1 aliphatic carbocycles. The summed E-state index contributed by atoms with van der Waals surface area (Å²) in [5.41, 5.74) is -0.407. The Morgan fingerprint density at radius 2 is 1.85 bits per heavy atom. The molecular weight excluding hydrogens is 252 g/mol. The topological polar surface area (TPSA) is 49.4 Å².